The minimum atomic E-state index is -0.860. The van der Waals surface area contributed by atoms with Gasteiger partial charge in [0.25, 0.3) is 11.6 Å². The van der Waals surface area contributed by atoms with Gasteiger partial charge in [0.1, 0.15) is 5.69 Å². The summed E-state index contributed by atoms with van der Waals surface area (Å²) in [7, 11) is 0. The minimum Gasteiger partial charge on any atom is -0.378 e. The lowest BCUT2D eigenvalue weighted by Crippen LogP contribution is -2.37. The van der Waals surface area contributed by atoms with Crippen molar-refractivity contribution in [1.82, 2.24) is 5.32 Å². The summed E-state index contributed by atoms with van der Waals surface area (Å²) in [6, 6.07) is 4.07. The molecule has 0 bridgehead atoms. The highest BCUT2D eigenvalue weighted by atomic mass is 16.6. The fourth-order valence-electron chi connectivity index (χ4n) is 1.72. The van der Waals surface area contributed by atoms with E-state index < -0.39 is 16.2 Å². The van der Waals surface area contributed by atoms with Gasteiger partial charge in [-0.3, -0.25) is 19.7 Å². The molecule has 8 nitrogen and oxygen atoms in total. The molecular formula is C15H22N4O4. The summed E-state index contributed by atoms with van der Waals surface area (Å²) in [4.78, 5) is 33.9. The zero-order valence-corrected chi connectivity index (χ0v) is 13.7. The quantitative estimate of drug-likeness (QED) is 0.519. The molecule has 0 spiro atoms. The molecule has 0 saturated carbocycles. The van der Waals surface area contributed by atoms with Gasteiger partial charge in [0.05, 0.1) is 10.3 Å². The summed E-state index contributed by atoms with van der Waals surface area (Å²) in [5.41, 5.74) is 4.61. The Hall–Kier alpha value is -2.64. The number of amides is 2. The second-order valence-electron chi connectivity index (χ2n) is 6.22. The van der Waals surface area contributed by atoms with E-state index in [-0.39, 0.29) is 35.4 Å². The molecule has 8 heteroatoms. The largest absolute Gasteiger partial charge is 0.378 e. The molecule has 0 fully saturated rings. The zero-order valence-electron chi connectivity index (χ0n) is 13.7. The van der Waals surface area contributed by atoms with E-state index in [2.05, 4.69) is 10.6 Å². The third-order valence-electron chi connectivity index (χ3n) is 3.26. The summed E-state index contributed by atoms with van der Waals surface area (Å²) >= 11 is 0. The Kier molecular flexibility index (Phi) is 5.67. The lowest BCUT2D eigenvalue weighted by Gasteiger charge is -2.21. The number of carbonyl (C=O) groups is 2. The molecule has 0 radical (unpaired) electrons. The fourth-order valence-corrected chi connectivity index (χ4v) is 1.72. The van der Waals surface area contributed by atoms with Crippen molar-refractivity contribution in [2.24, 2.45) is 11.1 Å². The third kappa shape index (κ3) is 4.94. The molecule has 1 aromatic carbocycles. The highest BCUT2D eigenvalue weighted by Gasteiger charge is 2.26. The Balaban J connectivity index is 3.04. The van der Waals surface area contributed by atoms with Crippen LogP contribution in [-0.4, -0.2) is 29.3 Å². The zero-order chi connectivity index (χ0) is 17.8. The van der Waals surface area contributed by atoms with Crippen molar-refractivity contribution < 1.29 is 14.5 Å². The first-order valence-electron chi connectivity index (χ1n) is 7.17. The summed E-state index contributed by atoms with van der Waals surface area (Å²) in [5, 5.41) is 16.7. The number of nitrogens with two attached hydrogens (primary N) is 1. The van der Waals surface area contributed by atoms with E-state index in [1.807, 2.05) is 0 Å². The molecule has 0 heterocycles. The van der Waals surface area contributed by atoms with Gasteiger partial charge in [0.2, 0.25) is 5.91 Å². The number of nitrogens with one attached hydrogen (secondary N) is 2. The number of nitro benzene ring substituents is 1. The van der Waals surface area contributed by atoms with E-state index in [9.17, 15) is 19.7 Å². The number of rotatable bonds is 7. The standard InChI is InChI=1S/C15H22N4O4/c1-9(2)18-13(20)10-5-6-11(12(7-10)19(22)23)17-8-15(3,4)14(16)21/h5-7,9,17H,8H2,1-4H3,(H2,16,21)(H,18,20). The Labute approximate surface area is 134 Å². The maximum absolute atomic E-state index is 11.9. The van der Waals surface area contributed by atoms with Crippen molar-refractivity contribution in [1.29, 1.82) is 0 Å². The Morgan fingerprint density at radius 1 is 1.35 bits per heavy atom. The van der Waals surface area contributed by atoms with Gasteiger partial charge in [-0.05, 0) is 39.8 Å². The Morgan fingerprint density at radius 3 is 2.43 bits per heavy atom. The van der Waals surface area contributed by atoms with Crippen molar-refractivity contribution in [2.45, 2.75) is 33.7 Å². The van der Waals surface area contributed by atoms with Crippen LogP contribution in [0.1, 0.15) is 38.1 Å². The molecule has 0 aliphatic rings. The van der Waals surface area contributed by atoms with E-state index >= 15 is 0 Å². The number of nitrogens with zero attached hydrogens (tertiary/aromatic N) is 1. The lowest BCUT2D eigenvalue weighted by atomic mass is 9.92. The minimum absolute atomic E-state index is 0.0734. The SMILES string of the molecule is CC(C)NC(=O)c1ccc(NCC(C)(C)C(N)=O)c([N+](=O)[O-])c1. The van der Waals surface area contributed by atoms with Crippen LogP contribution in [0.25, 0.3) is 0 Å². The summed E-state index contributed by atoms with van der Waals surface area (Å²) < 4.78 is 0. The van der Waals surface area contributed by atoms with Crippen LogP contribution in [0.15, 0.2) is 18.2 Å². The van der Waals surface area contributed by atoms with Gasteiger partial charge in [-0.15, -0.1) is 0 Å². The number of primary amides is 1. The van der Waals surface area contributed by atoms with Crippen LogP contribution in [0, 0.1) is 15.5 Å². The van der Waals surface area contributed by atoms with Crippen LogP contribution in [-0.2, 0) is 4.79 Å². The van der Waals surface area contributed by atoms with Crippen molar-refractivity contribution in [3.05, 3.63) is 33.9 Å². The van der Waals surface area contributed by atoms with E-state index in [1.165, 1.54) is 18.2 Å². The van der Waals surface area contributed by atoms with Crippen molar-refractivity contribution >= 4 is 23.2 Å². The van der Waals surface area contributed by atoms with Gasteiger partial charge in [0.15, 0.2) is 0 Å². The fraction of sp³-hybridized carbons (Fsp3) is 0.467. The number of anilines is 1. The van der Waals surface area contributed by atoms with Gasteiger partial charge in [-0.25, -0.2) is 0 Å². The number of nitro groups is 1. The smallest absolute Gasteiger partial charge is 0.293 e. The lowest BCUT2D eigenvalue weighted by molar-refractivity contribution is -0.384. The topological polar surface area (TPSA) is 127 Å². The third-order valence-corrected chi connectivity index (χ3v) is 3.26. The molecule has 0 atom stereocenters. The van der Waals surface area contributed by atoms with Crippen LogP contribution < -0.4 is 16.4 Å². The van der Waals surface area contributed by atoms with Gasteiger partial charge >= 0.3 is 0 Å². The highest BCUT2D eigenvalue weighted by Crippen LogP contribution is 2.27. The molecule has 23 heavy (non-hydrogen) atoms. The van der Waals surface area contributed by atoms with Gasteiger partial charge < -0.3 is 16.4 Å². The molecule has 0 aliphatic carbocycles. The second-order valence-corrected chi connectivity index (χ2v) is 6.22. The predicted molar refractivity (Wildman–Crippen MR) is 87.2 cm³/mol. The van der Waals surface area contributed by atoms with Gasteiger partial charge in [-0.2, -0.15) is 0 Å². The maximum Gasteiger partial charge on any atom is 0.293 e. The van der Waals surface area contributed by atoms with Crippen LogP contribution in [0.2, 0.25) is 0 Å². The van der Waals surface area contributed by atoms with Gasteiger partial charge in [0, 0.05) is 24.2 Å². The molecule has 0 unspecified atom stereocenters. The monoisotopic (exact) mass is 322 g/mol. The molecule has 0 saturated heterocycles. The number of hydrogen-bond acceptors (Lipinski definition) is 5. The molecule has 1 rings (SSSR count). The van der Waals surface area contributed by atoms with Crippen molar-refractivity contribution in [3.8, 4) is 0 Å². The van der Waals surface area contributed by atoms with Crippen LogP contribution >= 0.6 is 0 Å². The van der Waals surface area contributed by atoms with E-state index in [1.54, 1.807) is 27.7 Å². The van der Waals surface area contributed by atoms with E-state index in [0.29, 0.717) is 0 Å². The van der Waals surface area contributed by atoms with Crippen LogP contribution in [0.5, 0.6) is 0 Å². The molecular weight excluding hydrogens is 300 g/mol. The number of hydrogen-bond donors (Lipinski definition) is 3. The first kappa shape index (κ1) is 18.4. The molecule has 0 aliphatic heterocycles. The highest BCUT2D eigenvalue weighted by molar-refractivity contribution is 5.95. The normalized spacial score (nSPS) is 11.2. The second kappa shape index (κ2) is 7.08. The average molecular weight is 322 g/mol. The predicted octanol–water partition coefficient (Wildman–Crippen LogP) is 1.66. The molecule has 1 aromatic rings. The Bertz CT molecular complexity index is 626. The Morgan fingerprint density at radius 2 is 1.96 bits per heavy atom. The molecule has 2 amide bonds. The molecule has 4 N–H and O–H groups in total. The molecule has 126 valence electrons. The summed E-state index contributed by atoms with van der Waals surface area (Å²) in [5.74, 6) is -0.896. The van der Waals surface area contributed by atoms with Gasteiger partial charge in [-0.1, -0.05) is 0 Å². The van der Waals surface area contributed by atoms with Crippen LogP contribution in [0.3, 0.4) is 0 Å². The number of carbonyl (C=O) groups excluding carboxylic acids is 2. The van der Waals surface area contributed by atoms with E-state index in [4.69, 9.17) is 5.73 Å². The first-order chi connectivity index (χ1) is 10.5. The molecule has 0 aromatic heterocycles. The first-order valence-corrected chi connectivity index (χ1v) is 7.17. The van der Waals surface area contributed by atoms with Crippen molar-refractivity contribution in [2.75, 3.05) is 11.9 Å². The average Bonchev–Trinajstić information content (AvgIpc) is 2.43. The van der Waals surface area contributed by atoms with Crippen molar-refractivity contribution in [3.63, 3.8) is 0 Å². The summed E-state index contributed by atoms with van der Waals surface area (Å²) in [6.45, 7) is 7.01. The summed E-state index contributed by atoms with van der Waals surface area (Å²) in [6.07, 6.45) is 0. The van der Waals surface area contributed by atoms with Crippen LogP contribution in [0.4, 0.5) is 11.4 Å². The van der Waals surface area contributed by atoms with E-state index in [0.717, 1.165) is 0 Å². The number of benzene rings is 1. The maximum atomic E-state index is 11.9.